The predicted octanol–water partition coefficient (Wildman–Crippen LogP) is 5.09. The fourth-order valence-electron chi connectivity index (χ4n) is 2.74. The third-order valence-electron chi connectivity index (χ3n) is 4.31. The summed E-state index contributed by atoms with van der Waals surface area (Å²) in [6, 6.07) is 0. The van der Waals surface area contributed by atoms with Gasteiger partial charge < -0.3 is 9.84 Å². The maximum atomic E-state index is 11.2. The van der Waals surface area contributed by atoms with E-state index < -0.39 is 11.9 Å². The zero-order valence-corrected chi connectivity index (χ0v) is 16.1. The second-order valence-electron chi connectivity index (χ2n) is 6.79. The molecule has 0 fully saturated rings. The van der Waals surface area contributed by atoms with Gasteiger partial charge in [-0.2, -0.15) is 0 Å². The van der Waals surface area contributed by atoms with Gasteiger partial charge in [0, 0.05) is 0 Å². The topological polar surface area (TPSA) is 63.6 Å². The molecule has 0 aromatic heterocycles. The number of carboxylic acid groups (broad SMARTS) is 1. The second kappa shape index (κ2) is 28.0. The second-order valence-corrected chi connectivity index (χ2v) is 6.79. The third-order valence-corrected chi connectivity index (χ3v) is 4.31. The van der Waals surface area contributed by atoms with E-state index in [1.165, 1.54) is 83.3 Å². The Bertz CT molecular complexity index is 360. The van der Waals surface area contributed by atoms with E-state index >= 15 is 0 Å². The number of carboxylic acids is 1. The van der Waals surface area contributed by atoms with Crippen LogP contribution >= 0.6 is 0 Å². The van der Waals surface area contributed by atoms with Crippen LogP contribution in [0.5, 0.6) is 0 Å². The summed E-state index contributed by atoms with van der Waals surface area (Å²) in [7, 11) is 0. The van der Waals surface area contributed by atoms with Crippen LogP contribution < -0.4 is 0 Å². The Morgan fingerprint density at radius 1 is 0.741 bits per heavy atom. The van der Waals surface area contributed by atoms with E-state index in [0.29, 0.717) is 0 Å². The van der Waals surface area contributed by atoms with Crippen LogP contribution in [0.3, 0.4) is 0 Å². The maximum absolute atomic E-state index is 11.2. The third kappa shape index (κ3) is 30.2. The molecule has 0 spiro atoms. The van der Waals surface area contributed by atoms with Crippen LogP contribution in [0.4, 0.5) is 0 Å². The Hall–Kier alpha value is 1.95. The van der Waals surface area contributed by atoms with Gasteiger partial charge in [-0.05, 0) is 18.9 Å². The summed E-state index contributed by atoms with van der Waals surface area (Å²) in [5.41, 5.74) is 0. The number of carbonyl (C=O) groups excluding carboxylic acids is 1. The first-order chi connectivity index (χ1) is 12.2. The molecular weight excluding hydrogens is 394 g/mol. The molecule has 0 aliphatic rings. The molecule has 150 valence electrons. The standard InChI is InChI=1S/C21H38O4.2K.2H/c1-2-3-4-5-6-7-8-9-10-11-12-13-14-15-16-19-25-21(24)18-17-20(22)23;;;;/h16,19H,2-15,17-18H2,1H3,(H,22,23);;;;/b19-16+;;;;. The van der Waals surface area contributed by atoms with Gasteiger partial charge in [0.2, 0.25) is 0 Å². The van der Waals surface area contributed by atoms with Gasteiger partial charge in [-0.25, -0.2) is 0 Å². The molecule has 0 bridgehead atoms. The van der Waals surface area contributed by atoms with Crippen molar-refractivity contribution >= 4 is 115 Å². The summed E-state index contributed by atoms with van der Waals surface area (Å²) < 4.78 is 4.82. The normalized spacial score (nSPS) is 10.3. The van der Waals surface area contributed by atoms with Gasteiger partial charge in [0.25, 0.3) is 0 Å². The zero-order chi connectivity index (χ0) is 18.6. The van der Waals surface area contributed by atoms with Crippen molar-refractivity contribution in [2.45, 2.75) is 110 Å². The molecule has 0 aromatic carbocycles. The molecular formula is C21H40K2O4. The molecule has 0 saturated carbocycles. The van der Waals surface area contributed by atoms with Gasteiger partial charge in [-0.1, -0.05) is 84.0 Å². The van der Waals surface area contributed by atoms with Crippen LogP contribution in [0.2, 0.25) is 0 Å². The SMILES string of the molecule is CCCCCCCCCCCCCCC/C=C/OC(=O)CCC(=O)O.[KH].[KH]. The summed E-state index contributed by atoms with van der Waals surface area (Å²) in [4.78, 5) is 21.5. The number of aliphatic carboxylic acids is 1. The Kier molecular flexibility index (Phi) is 34.8. The van der Waals surface area contributed by atoms with Gasteiger partial charge in [0.1, 0.15) is 0 Å². The minimum atomic E-state index is -0.979. The van der Waals surface area contributed by atoms with Crippen molar-refractivity contribution in [2.75, 3.05) is 0 Å². The van der Waals surface area contributed by atoms with Crippen molar-refractivity contribution in [3.05, 3.63) is 12.3 Å². The summed E-state index contributed by atoms with van der Waals surface area (Å²) in [6.45, 7) is 2.26. The molecule has 0 radical (unpaired) electrons. The molecule has 1 N–H and O–H groups in total. The first-order valence-corrected chi connectivity index (χ1v) is 10.2. The van der Waals surface area contributed by atoms with Gasteiger partial charge in [0.05, 0.1) is 19.1 Å². The number of esters is 1. The van der Waals surface area contributed by atoms with Crippen LogP contribution in [-0.2, 0) is 14.3 Å². The minimum absolute atomic E-state index is 0. The van der Waals surface area contributed by atoms with Crippen molar-refractivity contribution in [3.63, 3.8) is 0 Å². The van der Waals surface area contributed by atoms with Gasteiger partial charge in [-0.3, -0.25) is 9.59 Å². The average Bonchev–Trinajstić information content (AvgIpc) is 2.59. The predicted molar refractivity (Wildman–Crippen MR) is 117 cm³/mol. The summed E-state index contributed by atoms with van der Waals surface area (Å²) in [5, 5.41) is 8.45. The van der Waals surface area contributed by atoms with E-state index in [1.54, 1.807) is 0 Å². The first-order valence-electron chi connectivity index (χ1n) is 10.2. The molecule has 0 aromatic rings. The van der Waals surface area contributed by atoms with Crippen molar-refractivity contribution < 1.29 is 19.4 Å². The van der Waals surface area contributed by atoms with E-state index in [9.17, 15) is 9.59 Å². The Morgan fingerprint density at radius 3 is 1.63 bits per heavy atom. The molecule has 6 heteroatoms. The summed E-state index contributed by atoms with van der Waals surface area (Å²) >= 11 is 0. The molecule has 4 nitrogen and oxygen atoms in total. The molecule has 0 rings (SSSR count). The zero-order valence-electron chi connectivity index (χ0n) is 16.1. The Labute approximate surface area is 251 Å². The van der Waals surface area contributed by atoms with Crippen LogP contribution in [0.15, 0.2) is 12.3 Å². The number of ether oxygens (including phenoxy) is 1. The molecule has 0 aliphatic carbocycles. The van der Waals surface area contributed by atoms with E-state index in [2.05, 4.69) is 6.92 Å². The van der Waals surface area contributed by atoms with Crippen molar-refractivity contribution in [3.8, 4) is 0 Å². The molecule has 0 aliphatic heterocycles. The Morgan fingerprint density at radius 2 is 1.19 bits per heavy atom. The molecule has 27 heavy (non-hydrogen) atoms. The number of carbonyl (C=O) groups is 2. The quantitative estimate of drug-likeness (QED) is 0.141. The molecule has 0 saturated heterocycles. The van der Waals surface area contributed by atoms with E-state index in [-0.39, 0.29) is 116 Å². The number of rotatable bonds is 18. The molecule has 0 amide bonds. The number of allylic oxidation sites excluding steroid dienone is 1. The van der Waals surface area contributed by atoms with Crippen LogP contribution in [0, 0.1) is 0 Å². The van der Waals surface area contributed by atoms with Crippen LogP contribution in [-0.4, -0.2) is 120 Å². The summed E-state index contributed by atoms with van der Waals surface area (Å²) in [6.07, 6.45) is 21.3. The van der Waals surface area contributed by atoms with E-state index in [0.717, 1.165) is 12.8 Å². The average molecular weight is 435 g/mol. The van der Waals surface area contributed by atoms with Crippen molar-refractivity contribution in [1.29, 1.82) is 0 Å². The fourth-order valence-corrected chi connectivity index (χ4v) is 2.74. The first kappa shape index (κ1) is 33.6. The van der Waals surface area contributed by atoms with Crippen molar-refractivity contribution in [1.82, 2.24) is 0 Å². The van der Waals surface area contributed by atoms with E-state index in [4.69, 9.17) is 9.84 Å². The number of hydrogen-bond donors (Lipinski definition) is 1. The molecule has 0 heterocycles. The van der Waals surface area contributed by atoms with Crippen LogP contribution in [0.25, 0.3) is 0 Å². The van der Waals surface area contributed by atoms with Gasteiger partial charge in [-0.15, -0.1) is 0 Å². The monoisotopic (exact) mass is 434 g/mol. The van der Waals surface area contributed by atoms with Crippen molar-refractivity contribution in [2.24, 2.45) is 0 Å². The molecule has 0 atom stereocenters. The fraction of sp³-hybridized carbons (Fsp3) is 0.810. The van der Waals surface area contributed by atoms with Gasteiger partial charge >= 0.3 is 115 Å². The van der Waals surface area contributed by atoms with Crippen LogP contribution in [0.1, 0.15) is 110 Å². The molecule has 0 unspecified atom stereocenters. The van der Waals surface area contributed by atoms with Gasteiger partial charge in [0.15, 0.2) is 0 Å². The summed E-state index contributed by atoms with van der Waals surface area (Å²) in [5.74, 6) is -1.46. The van der Waals surface area contributed by atoms with E-state index in [1.807, 2.05) is 6.08 Å². The number of hydrogen-bond acceptors (Lipinski definition) is 3. The Balaban J connectivity index is -0.00000288. The number of unbranched alkanes of at least 4 members (excludes halogenated alkanes) is 13.